The van der Waals surface area contributed by atoms with E-state index in [0.717, 1.165) is 11.3 Å². The molecule has 2 aromatic rings. The third-order valence-electron chi connectivity index (χ3n) is 2.92. The number of ether oxygens (including phenoxy) is 1. The van der Waals surface area contributed by atoms with E-state index in [4.69, 9.17) is 16.3 Å². The SMILES string of the molecule is CC(C)COc1cccc(/C=N\NC(=O)Nc2ccc(Cl)cc2)c1. The molecule has 24 heavy (non-hydrogen) atoms. The quantitative estimate of drug-likeness (QED) is 0.596. The maximum absolute atomic E-state index is 11.7. The number of amides is 2. The second kappa shape index (κ2) is 8.93. The summed E-state index contributed by atoms with van der Waals surface area (Å²) >= 11 is 5.79. The Morgan fingerprint density at radius 2 is 2.00 bits per heavy atom. The van der Waals surface area contributed by atoms with Crippen molar-refractivity contribution in [3.05, 3.63) is 59.1 Å². The Balaban J connectivity index is 1.85. The van der Waals surface area contributed by atoms with Crippen LogP contribution < -0.4 is 15.5 Å². The minimum absolute atomic E-state index is 0.430. The van der Waals surface area contributed by atoms with Crippen molar-refractivity contribution in [1.82, 2.24) is 5.43 Å². The van der Waals surface area contributed by atoms with E-state index in [1.54, 1.807) is 30.5 Å². The number of urea groups is 1. The van der Waals surface area contributed by atoms with Gasteiger partial charge in [0.2, 0.25) is 0 Å². The molecule has 6 heteroatoms. The number of rotatable bonds is 6. The minimum Gasteiger partial charge on any atom is -0.493 e. The molecule has 0 atom stereocenters. The third-order valence-corrected chi connectivity index (χ3v) is 3.18. The highest BCUT2D eigenvalue weighted by molar-refractivity contribution is 6.30. The molecule has 126 valence electrons. The van der Waals surface area contributed by atoms with Crippen LogP contribution in [0.1, 0.15) is 19.4 Å². The summed E-state index contributed by atoms with van der Waals surface area (Å²) in [5.41, 5.74) is 3.88. The molecule has 0 aliphatic carbocycles. The molecule has 0 spiro atoms. The molecule has 2 rings (SSSR count). The van der Waals surface area contributed by atoms with Crippen LogP contribution in [-0.4, -0.2) is 18.9 Å². The summed E-state index contributed by atoms with van der Waals surface area (Å²) in [6.45, 7) is 4.84. The van der Waals surface area contributed by atoms with E-state index >= 15 is 0 Å². The lowest BCUT2D eigenvalue weighted by molar-refractivity contribution is 0.252. The van der Waals surface area contributed by atoms with Crippen LogP contribution in [-0.2, 0) is 0 Å². The molecule has 0 aliphatic heterocycles. The predicted octanol–water partition coefficient (Wildman–Crippen LogP) is 4.53. The zero-order valence-corrected chi connectivity index (χ0v) is 14.4. The fourth-order valence-electron chi connectivity index (χ4n) is 1.81. The molecule has 2 N–H and O–H groups in total. The van der Waals surface area contributed by atoms with E-state index < -0.39 is 6.03 Å². The Hall–Kier alpha value is -2.53. The molecule has 0 bridgehead atoms. The van der Waals surface area contributed by atoms with E-state index in [9.17, 15) is 4.79 Å². The first-order valence-corrected chi connectivity index (χ1v) is 7.99. The van der Waals surface area contributed by atoms with Crippen molar-refractivity contribution in [2.24, 2.45) is 11.0 Å². The van der Waals surface area contributed by atoms with Gasteiger partial charge in [-0.2, -0.15) is 5.10 Å². The molecule has 0 radical (unpaired) electrons. The fraction of sp³-hybridized carbons (Fsp3) is 0.222. The second-order valence-corrected chi connectivity index (χ2v) is 6.04. The zero-order valence-electron chi connectivity index (χ0n) is 13.6. The van der Waals surface area contributed by atoms with Crippen LogP contribution in [0, 0.1) is 5.92 Å². The molecule has 0 saturated heterocycles. The maximum atomic E-state index is 11.7. The minimum atomic E-state index is -0.430. The number of benzene rings is 2. The Morgan fingerprint density at radius 1 is 1.25 bits per heavy atom. The largest absolute Gasteiger partial charge is 0.493 e. The summed E-state index contributed by atoms with van der Waals surface area (Å²) in [5.74, 6) is 1.24. The number of hydrogen-bond donors (Lipinski definition) is 2. The standard InChI is InChI=1S/C18H20ClN3O2/c1-13(2)12-24-17-5-3-4-14(10-17)11-20-22-18(23)21-16-8-6-15(19)7-9-16/h3-11,13H,12H2,1-2H3,(H2,21,22,23)/b20-11-. The van der Waals surface area contributed by atoms with Gasteiger partial charge in [0.1, 0.15) is 5.75 Å². The van der Waals surface area contributed by atoms with Gasteiger partial charge in [-0.3, -0.25) is 0 Å². The summed E-state index contributed by atoms with van der Waals surface area (Å²) in [6, 6.07) is 13.9. The number of nitrogens with one attached hydrogen (secondary N) is 2. The molecule has 0 fully saturated rings. The molecule has 0 saturated carbocycles. The molecule has 0 unspecified atom stereocenters. The van der Waals surface area contributed by atoms with Gasteiger partial charge in [0.15, 0.2) is 0 Å². The van der Waals surface area contributed by atoms with Crippen LogP contribution >= 0.6 is 11.6 Å². The number of hydrazone groups is 1. The summed E-state index contributed by atoms with van der Waals surface area (Å²) in [7, 11) is 0. The first-order chi connectivity index (χ1) is 11.5. The number of halogens is 1. The lowest BCUT2D eigenvalue weighted by Gasteiger charge is -2.08. The Kier molecular flexibility index (Phi) is 6.63. The van der Waals surface area contributed by atoms with Gasteiger partial charge < -0.3 is 10.1 Å². The highest BCUT2D eigenvalue weighted by Gasteiger charge is 2.00. The normalized spacial score (nSPS) is 10.8. The van der Waals surface area contributed by atoms with Crippen LogP contribution in [0.3, 0.4) is 0 Å². The molecule has 0 heterocycles. The van der Waals surface area contributed by atoms with Gasteiger partial charge in [-0.05, 0) is 47.9 Å². The average Bonchev–Trinajstić information content (AvgIpc) is 2.55. The summed E-state index contributed by atoms with van der Waals surface area (Å²) in [4.78, 5) is 11.7. The molecular weight excluding hydrogens is 326 g/mol. The van der Waals surface area contributed by atoms with Crippen molar-refractivity contribution in [3.63, 3.8) is 0 Å². The molecule has 0 aliphatic rings. The number of anilines is 1. The maximum Gasteiger partial charge on any atom is 0.339 e. The first-order valence-electron chi connectivity index (χ1n) is 7.61. The average molecular weight is 346 g/mol. The summed E-state index contributed by atoms with van der Waals surface area (Å²) in [5, 5.41) is 7.19. The summed E-state index contributed by atoms with van der Waals surface area (Å²) in [6.07, 6.45) is 1.56. The zero-order chi connectivity index (χ0) is 17.4. The van der Waals surface area contributed by atoms with E-state index in [-0.39, 0.29) is 0 Å². The van der Waals surface area contributed by atoms with Crippen molar-refractivity contribution in [3.8, 4) is 5.75 Å². The van der Waals surface area contributed by atoms with Gasteiger partial charge in [0, 0.05) is 10.7 Å². The van der Waals surface area contributed by atoms with Gasteiger partial charge in [0.25, 0.3) is 0 Å². The highest BCUT2D eigenvalue weighted by atomic mass is 35.5. The molecular formula is C18H20ClN3O2. The Morgan fingerprint density at radius 3 is 2.71 bits per heavy atom. The lowest BCUT2D eigenvalue weighted by Crippen LogP contribution is -2.24. The first kappa shape index (κ1) is 17.8. The van der Waals surface area contributed by atoms with Crippen molar-refractivity contribution in [2.45, 2.75) is 13.8 Å². The van der Waals surface area contributed by atoms with Gasteiger partial charge in [-0.25, -0.2) is 10.2 Å². The summed E-state index contributed by atoms with van der Waals surface area (Å²) < 4.78 is 5.65. The van der Waals surface area contributed by atoms with Crippen molar-refractivity contribution in [2.75, 3.05) is 11.9 Å². The molecule has 2 aromatic carbocycles. The Bertz CT molecular complexity index is 700. The van der Waals surface area contributed by atoms with Crippen LogP contribution in [0.15, 0.2) is 53.6 Å². The van der Waals surface area contributed by atoms with Gasteiger partial charge in [-0.1, -0.05) is 37.6 Å². The number of hydrogen-bond acceptors (Lipinski definition) is 3. The van der Waals surface area contributed by atoms with Crippen molar-refractivity contribution in [1.29, 1.82) is 0 Å². The monoisotopic (exact) mass is 345 g/mol. The Labute approximate surface area is 146 Å². The number of carbonyl (C=O) groups is 1. The molecule has 5 nitrogen and oxygen atoms in total. The van der Waals surface area contributed by atoms with Crippen LogP contribution in [0.2, 0.25) is 5.02 Å². The molecule has 0 aromatic heterocycles. The number of carbonyl (C=O) groups excluding carboxylic acids is 1. The predicted molar refractivity (Wildman–Crippen MR) is 98.0 cm³/mol. The fourth-order valence-corrected chi connectivity index (χ4v) is 1.93. The topological polar surface area (TPSA) is 62.7 Å². The van der Waals surface area contributed by atoms with Gasteiger partial charge >= 0.3 is 6.03 Å². The van der Waals surface area contributed by atoms with Crippen molar-refractivity contribution < 1.29 is 9.53 Å². The second-order valence-electron chi connectivity index (χ2n) is 5.61. The molecule has 2 amide bonds. The van der Waals surface area contributed by atoms with Crippen LogP contribution in [0.4, 0.5) is 10.5 Å². The smallest absolute Gasteiger partial charge is 0.339 e. The van der Waals surface area contributed by atoms with Gasteiger partial charge in [0.05, 0.1) is 12.8 Å². The van der Waals surface area contributed by atoms with E-state index in [2.05, 4.69) is 29.7 Å². The van der Waals surface area contributed by atoms with Crippen LogP contribution in [0.5, 0.6) is 5.75 Å². The number of nitrogens with zero attached hydrogens (tertiary/aromatic N) is 1. The van der Waals surface area contributed by atoms with E-state index in [1.807, 2.05) is 24.3 Å². The highest BCUT2D eigenvalue weighted by Crippen LogP contribution is 2.14. The van der Waals surface area contributed by atoms with E-state index in [1.165, 1.54) is 0 Å². The van der Waals surface area contributed by atoms with Crippen LogP contribution in [0.25, 0.3) is 0 Å². The van der Waals surface area contributed by atoms with Gasteiger partial charge in [-0.15, -0.1) is 0 Å². The van der Waals surface area contributed by atoms with E-state index in [0.29, 0.717) is 23.2 Å². The lowest BCUT2D eigenvalue weighted by atomic mass is 10.2. The third kappa shape index (κ3) is 6.30. The van der Waals surface area contributed by atoms with Crippen molar-refractivity contribution >= 4 is 29.5 Å².